The molecule has 1 aromatic rings. The Hall–Kier alpha value is -1.55. The van der Waals surface area contributed by atoms with Gasteiger partial charge in [-0.05, 0) is 24.5 Å². The summed E-state index contributed by atoms with van der Waals surface area (Å²) in [4.78, 5) is 11.0. The van der Waals surface area contributed by atoms with Crippen molar-refractivity contribution in [2.45, 2.75) is 25.4 Å². The van der Waals surface area contributed by atoms with Gasteiger partial charge in [0.15, 0.2) is 0 Å². The van der Waals surface area contributed by atoms with E-state index in [2.05, 4.69) is 5.32 Å². The number of carbonyl (C=O) groups excluding carboxylic acids is 1. The van der Waals surface area contributed by atoms with Crippen molar-refractivity contribution in [1.29, 1.82) is 0 Å². The number of primary amides is 1. The zero-order valence-electron chi connectivity index (χ0n) is 9.82. The fourth-order valence-corrected chi connectivity index (χ4v) is 2.06. The number of hydrogen-bond acceptors (Lipinski definition) is 3. The maximum Gasteiger partial charge on any atom is 0.221 e. The molecule has 1 heterocycles. The number of para-hydroxylation sites is 1. The molecule has 3 N–H and O–H groups in total. The van der Waals surface area contributed by atoms with Gasteiger partial charge in [-0.15, -0.1) is 0 Å². The molecular formula is C13H18N2O2. The molecule has 0 bridgehead atoms. The van der Waals surface area contributed by atoms with Crippen molar-refractivity contribution in [2.75, 3.05) is 18.5 Å². The van der Waals surface area contributed by atoms with Gasteiger partial charge in [-0.3, -0.25) is 4.79 Å². The quantitative estimate of drug-likeness (QED) is 0.807. The Bertz CT molecular complexity index is 387. The highest BCUT2D eigenvalue weighted by Gasteiger charge is 2.15. The number of nitrogens with two attached hydrogens (primary N) is 1. The monoisotopic (exact) mass is 234 g/mol. The molecule has 1 fully saturated rings. The van der Waals surface area contributed by atoms with Crippen LogP contribution in [0.25, 0.3) is 0 Å². The summed E-state index contributed by atoms with van der Waals surface area (Å²) in [5.41, 5.74) is 7.14. The predicted molar refractivity (Wildman–Crippen MR) is 66.8 cm³/mol. The molecule has 1 aliphatic heterocycles. The molecule has 0 aliphatic carbocycles. The SMILES string of the molecule is NC(=O)Cc1ccccc1NCC1CCCO1. The van der Waals surface area contributed by atoms with Crippen LogP contribution in [0.4, 0.5) is 5.69 Å². The summed E-state index contributed by atoms with van der Waals surface area (Å²) in [6, 6.07) is 7.74. The van der Waals surface area contributed by atoms with Gasteiger partial charge in [-0.25, -0.2) is 0 Å². The number of benzene rings is 1. The third-order valence-corrected chi connectivity index (χ3v) is 2.93. The Morgan fingerprint density at radius 2 is 2.29 bits per heavy atom. The molecule has 1 unspecified atom stereocenters. The molecule has 1 amide bonds. The molecular weight excluding hydrogens is 216 g/mol. The van der Waals surface area contributed by atoms with Crippen molar-refractivity contribution >= 4 is 11.6 Å². The Labute approximate surface area is 101 Å². The second kappa shape index (κ2) is 5.68. The van der Waals surface area contributed by atoms with Crippen LogP contribution in [0.15, 0.2) is 24.3 Å². The van der Waals surface area contributed by atoms with E-state index in [1.807, 2.05) is 24.3 Å². The van der Waals surface area contributed by atoms with Crippen LogP contribution >= 0.6 is 0 Å². The molecule has 0 saturated carbocycles. The number of hydrogen-bond donors (Lipinski definition) is 2. The van der Waals surface area contributed by atoms with E-state index in [1.54, 1.807) is 0 Å². The molecule has 0 radical (unpaired) electrons. The van der Waals surface area contributed by atoms with Crippen molar-refractivity contribution in [3.63, 3.8) is 0 Å². The highest BCUT2D eigenvalue weighted by atomic mass is 16.5. The Balaban J connectivity index is 1.96. The van der Waals surface area contributed by atoms with Crippen LogP contribution in [-0.2, 0) is 16.0 Å². The third kappa shape index (κ3) is 3.46. The lowest BCUT2D eigenvalue weighted by atomic mass is 10.1. The molecule has 1 atom stereocenters. The van der Waals surface area contributed by atoms with Gasteiger partial charge in [0.25, 0.3) is 0 Å². The zero-order chi connectivity index (χ0) is 12.1. The van der Waals surface area contributed by atoms with Crippen LogP contribution in [0.3, 0.4) is 0 Å². The number of amides is 1. The highest BCUT2D eigenvalue weighted by Crippen LogP contribution is 2.18. The lowest BCUT2D eigenvalue weighted by Gasteiger charge is -2.14. The summed E-state index contributed by atoms with van der Waals surface area (Å²) in [7, 11) is 0. The smallest absolute Gasteiger partial charge is 0.221 e. The van der Waals surface area contributed by atoms with Gasteiger partial charge in [-0.1, -0.05) is 18.2 Å². The minimum atomic E-state index is -0.309. The minimum Gasteiger partial charge on any atom is -0.382 e. The van der Waals surface area contributed by atoms with Crippen LogP contribution in [-0.4, -0.2) is 25.2 Å². The molecule has 92 valence electrons. The zero-order valence-corrected chi connectivity index (χ0v) is 9.82. The average Bonchev–Trinajstić information content (AvgIpc) is 2.80. The van der Waals surface area contributed by atoms with Crippen molar-refractivity contribution in [3.05, 3.63) is 29.8 Å². The lowest BCUT2D eigenvalue weighted by Crippen LogP contribution is -2.20. The van der Waals surface area contributed by atoms with E-state index in [9.17, 15) is 4.79 Å². The Morgan fingerprint density at radius 3 is 3.00 bits per heavy atom. The molecule has 1 aliphatic rings. The van der Waals surface area contributed by atoms with E-state index in [-0.39, 0.29) is 18.4 Å². The number of rotatable bonds is 5. The second-order valence-corrected chi connectivity index (χ2v) is 4.32. The van der Waals surface area contributed by atoms with E-state index < -0.39 is 0 Å². The van der Waals surface area contributed by atoms with Gasteiger partial charge in [-0.2, -0.15) is 0 Å². The number of nitrogens with one attached hydrogen (secondary N) is 1. The minimum absolute atomic E-state index is 0.273. The summed E-state index contributed by atoms with van der Waals surface area (Å²) >= 11 is 0. The average molecular weight is 234 g/mol. The Morgan fingerprint density at radius 1 is 1.47 bits per heavy atom. The Kier molecular flexibility index (Phi) is 3.98. The number of ether oxygens (including phenoxy) is 1. The first-order valence-corrected chi connectivity index (χ1v) is 5.97. The molecule has 17 heavy (non-hydrogen) atoms. The van der Waals surface area contributed by atoms with Crippen LogP contribution in [0.1, 0.15) is 18.4 Å². The molecule has 4 heteroatoms. The number of anilines is 1. The van der Waals surface area contributed by atoms with Crippen LogP contribution in [0, 0.1) is 0 Å². The predicted octanol–water partition coefficient (Wildman–Crippen LogP) is 1.31. The van der Waals surface area contributed by atoms with Gasteiger partial charge < -0.3 is 15.8 Å². The van der Waals surface area contributed by atoms with Gasteiger partial charge in [0.1, 0.15) is 0 Å². The van der Waals surface area contributed by atoms with Gasteiger partial charge in [0.05, 0.1) is 12.5 Å². The molecule has 1 aromatic carbocycles. The van der Waals surface area contributed by atoms with E-state index in [0.717, 1.165) is 37.2 Å². The van der Waals surface area contributed by atoms with Gasteiger partial charge in [0.2, 0.25) is 5.91 Å². The van der Waals surface area contributed by atoms with E-state index in [4.69, 9.17) is 10.5 Å². The highest BCUT2D eigenvalue weighted by molar-refractivity contribution is 5.78. The number of carbonyl (C=O) groups is 1. The molecule has 0 aromatic heterocycles. The summed E-state index contributed by atoms with van der Waals surface area (Å²) in [6.45, 7) is 1.64. The van der Waals surface area contributed by atoms with Gasteiger partial charge >= 0.3 is 0 Å². The van der Waals surface area contributed by atoms with Crippen molar-refractivity contribution in [2.24, 2.45) is 5.73 Å². The third-order valence-electron chi connectivity index (χ3n) is 2.93. The molecule has 2 rings (SSSR count). The first kappa shape index (κ1) is 11.9. The molecule has 1 saturated heterocycles. The van der Waals surface area contributed by atoms with E-state index in [1.165, 1.54) is 0 Å². The van der Waals surface area contributed by atoms with Crippen molar-refractivity contribution in [1.82, 2.24) is 0 Å². The first-order chi connectivity index (χ1) is 8.25. The fraction of sp³-hybridized carbons (Fsp3) is 0.462. The van der Waals surface area contributed by atoms with Crippen LogP contribution < -0.4 is 11.1 Å². The largest absolute Gasteiger partial charge is 0.382 e. The van der Waals surface area contributed by atoms with Crippen LogP contribution in [0.5, 0.6) is 0 Å². The maximum absolute atomic E-state index is 11.0. The summed E-state index contributed by atoms with van der Waals surface area (Å²) in [6.07, 6.45) is 2.80. The standard InChI is InChI=1S/C13H18N2O2/c14-13(16)8-10-4-1-2-6-12(10)15-9-11-5-3-7-17-11/h1-2,4,6,11,15H,3,5,7-9H2,(H2,14,16). The molecule has 4 nitrogen and oxygen atoms in total. The summed E-state index contributed by atoms with van der Waals surface area (Å²) in [5.74, 6) is -0.309. The fourth-order valence-electron chi connectivity index (χ4n) is 2.06. The van der Waals surface area contributed by atoms with E-state index >= 15 is 0 Å². The molecule has 0 spiro atoms. The van der Waals surface area contributed by atoms with Gasteiger partial charge in [0, 0.05) is 18.8 Å². The second-order valence-electron chi connectivity index (χ2n) is 4.32. The first-order valence-electron chi connectivity index (χ1n) is 5.97. The van der Waals surface area contributed by atoms with Crippen molar-refractivity contribution in [3.8, 4) is 0 Å². The maximum atomic E-state index is 11.0. The lowest BCUT2D eigenvalue weighted by molar-refractivity contribution is -0.117. The topological polar surface area (TPSA) is 64.4 Å². The van der Waals surface area contributed by atoms with E-state index in [0.29, 0.717) is 0 Å². The summed E-state index contributed by atoms with van der Waals surface area (Å²) < 4.78 is 5.54. The van der Waals surface area contributed by atoms with Crippen molar-refractivity contribution < 1.29 is 9.53 Å². The normalized spacial score (nSPS) is 19.2. The van der Waals surface area contributed by atoms with Crippen LogP contribution in [0.2, 0.25) is 0 Å². The summed E-state index contributed by atoms with van der Waals surface area (Å²) in [5, 5.41) is 3.33.